The summed E-state index contributed by atoms with van der Waals surface area (Å²) in [5.41, 5.74) is 1.05. The Hall–Kier alpha value is -1.44. The van der Waals surface area contributed by atoms with Gasteiger partial charge in [0.15, 0.2) is 0 Å². The van der Waals surface area contributed by atoms with Crippen LogP contribution < -0.4 is 0 Å². The third-order valence-corrected chi connectivity index (χ3v) is 3.02. The lowest BCUT2D eigenvalue weighted by molar-refractivity contribution is -0.0448. The Balaban J connectivity index is 1.86. The average Bonchev–Trinajstić information content (AvgIpc) is 2.40. The van der Waals surface area contributed by atoms with Gasteiger partial charge in [0.05, 0.1) is 31.0 Å². The first kappa shape index (κ1) is 13.0. The highest BCUT2D eigenvalue weighted by Gasteiger charge is 2.14. The first-order valence-electron chi connectivity index (χ1n) is 6.17. The van der Waals surface area contributed by atoms with Crippen molar-refractivity contribution in [3.63, 3.8) is 0 Å². The predicted octanol–water partition coefficient (Wildman–Crippen LogP) is 2.78. The summed E-state index contributed by atoms with van der Waals surface area (Å²) in [7, 11) is 0. The largest absolute Gasteiger partial charge is 0.376 e. The van der Waals surface area contributed by atoms with Crippen molar-refractivity contribution >= 4 is 0 Å². The second-order valence-corrected chi connectivity index (χ2v) is 4.42. The van der Waals surface area contributed by atoms with E-state index in [-0.39, 0.29) is 18.5 Å². The molecule has 0 aromatic heterocycles. The van der Waals surface area contributed by atoms with Gasteiger partial charge >= 0.3 is 0 Å². The van der Waals surface area contributed by atoms with Gasteiger partial charge in [0.25, 0.3) is 0 Å². The molecule has 1 aliphatic heterocycles. The maximum atomic E-state index is 13.1. The Morgan fingerprint density at radius 1 is 1.44 bits per heavy atom. The van der Waals surface area contributed by atoms with E-state index in [1.807, 2.05) is 6.07 Å². The quantitative estimate of drug-likeness (QED) is 0.824. The minimum absolute atomic E-state index is 0.137. The fourth-order valence-corrected chi connectivity index (χ4v) is 2.03. The number of halogens is 1. The summed E-state index contributed by atoms with van der Waals surface area (Å²) in [6.07, 6.45) is 3.42. The van der Waals surface area contributed by atoms with Crippen LogP contribution in [0, 0.1) is 17.1 Å². The van der Waals surface area contributed by atoms with Crippen LogP contribution in [-0.2, 0) is 16.1 Å². The van der Waals surface area contributed by atoms with Crippen molar-refractivity contribution in [3.05, 3.63) is 35.1 Å². The molecule has 0 saturated carbocycles. The highest BCUT2D eigenvalue weighted by molar-refractivity contribution is 5.37. The van der Waals surface area contributed by atoms with Crippen LogP contribution in [0.15, 0.2) is 18.2 Å². The fraction of sp³-hybridized carbons (Fsp3) is 0.500. The van der Waals surface area contributed by atoms with Crippen molar-refractivity contribution in [2.45, 2.75) is 32.0 Å². The molecule has 96 valence electrons. The van der Waals surface area contributed by atoms with Gasteiger partial charge in [0.2, 0.25) is 0 Å². The number of rotatable bonds is 4. The zero-order valence-electron chi connectivity index (χ0n) is 10.2. The average molecular weight is 249 g/mol. The van der Waals surface area contributed by atoms with Crippen LogP contribution in [0.5, 0.6) is 0 Å². The number of hydrogen-bond donors (Lipinski definition) is 0. The second-order valence-electron chi connectivity index (χ2n) is 4.42. The van der Waals surface area contributed by atoms with E-state index in [0.717, 1.165) is 25.9 Å². The minimum atomic E-state index is -0.346. The Bertz CT molecular complexity index is 436. The van der Waals surface area contributed by atoms with Crippen molar-refractivity contribution in [3.8, 4) is 6.07 Å². The molecule has 0 bridgehead atoms. The molecule has 1 unspecified atom stereocenters. The van der Waals surface area contributed by atoms with E-state index in [4.69, 9.17) is 14.7 Å². The SMILES string of the molecule is N#Cc1ccc(F)cc1COCC1CCCCO1. The van der Waals surface area contributed by atoms with E-state index in [1.165, 1.54) is 18.2 Å². The zero-order valence-corrected chi connectivity index (χ0v) is 10.2. The molecule has 0 N–H and O–H groups in total. The van der Waals surface area contributed by atoms with E-state index in [2.05, 4.69) is 0 Å². The zero-order chi connectivity index (χ0) is 12.8. The molecular weight excluding hydrogens is 233 g/mol. The fourth-order valence-electron chi connectivity index (χ4n) is 2.03. The van der Waals surface area contributed by atoms with Crippen molar-refractivity contribution in [2.24, 2.45) is 0 Å². The lowest BCUT2D eigenvalue weighted by atomic mass is 10.1. The Labute approximate surface area is 106 Å². The van der Waals surface area contributed by atoms with E-state index in [1.54, 1.807) is 0 Å². The normalized spacial score (nSPS) is 19.4. The summed E-state index contributed by atoms with van der Waals surface area (Å²) in [5.74, 6) is -0.346. The molecular formula is C14H16FNO2. The summed E-state index contributed by atoms with van der Waals surface area (Å²) < 4.78 is 24.1. The molecule has 0 radical (unpaired) electrons. The first-order valence-corrected chi connectivity index (χ1v) is 6.17. The third-order valence-electron chi connectivity index (χ3n) is 3.02. The Kier molecular flexibility index (Phi) is 4.68. The van der Waals surface area contributed by atoms with E-state index in [0.29, 0.717) is 17.7 Å². The number of nitrogens with zero attached hydrogens (tertiary/aromatic N) is 1. The molecule has 0 spiro atoms. The standard InChI is InChI=1S/C14H16FNO2/c15-13-5-4-11(8-16)12(7-13)9-17-10-14-3-1-2-6-18-14/h4-5,7,14H,1-3,6,9-10H2. The molecule has 3 nitrogen and oxygen atoms in total. The summed E-state index contributed by atoms with van der Waals surface area (Å²) in [6, 6.07) is 6.14. The maximum Gasteiger partial charge on any atom is 0.123 e. The number of hydrogen-bond acceptors (Lipinski definition) is 3. The van der Waals surface area contributed by atoms with E-state index < -0.39 is 0 Å². The van der Waals surface area contributed by atoms with Crippen LogP contribution in [0.3, 0.4) is 0 Å². The lowest BCUT2D eigenvalue weighted by Gasteiger charge is -2.22. The topological polar surface area (TPSA) is 42.2 Å². The monoisotopic (exact) mass is 249 g/mol. The molecule has 0 amide bonds. The van der Waals surface area contributed by atoms with Crippen LogP contribution in [-0.4, -0.2) is 19.3 Å². The van der Waals surface area contributed by atoms with Crippen LogP contribution in [0.2, 0.25) is 0 Å². The Morgan fingerprint density at radius 2 is 2.33 bits per heavy atom. The van der Waals surface area contributed by atoms with Gasteiger partial charge in [-0.25, -0.2) is 4.39 Å². The molecule has 4 heteroatoms. The van der Waals surface area contributed by atoms with E-state index >= 15 is 0 Å². The maximum absolute atomic E-state index is 13.1. The van der Waals surface area contributed by atoms with Crippen molar-refractivity contribution in [1.82, 2.24) is 0 Å². The molecule has 18 heavy (non-hydrogen) atoms. The van der Waals surface area contributed by atoms with Gasteiger partial charge in [-0.2, -0.15) is 5.26 Å². The van der Waals surface area contributed by atoms with Gasteiger partial charge in [-0.05, 0) is 43.0 Å². The second kappa shape index (κ2) is 6.48. The number of ether oxygens (including phenoxy) is 2. The number of nitriles is 1. The highest BCUT2D eigenvalue weighted by atomic mass is 19.1. The molecule has 1 aromatic carbocycles. The molecule has 1 aromatic rings. The molecule has 1 saturated heterocycles. The Morgan fingerprint density at radius 3 is 3.06 bits per heavy atom. The number of benzene rings is 1. The van der Waals surface area contributed by atoms with Crippen molar-refractivity contribution in [1.29, 1.82) is 5.26 Å². The van der Waals surface area contributed by atoms with Gasteiger partial charge in [-0.1, -0.05) is 0 Å². The van der Waals surface area contributed by atoms with Crippen LogP contribution in [0.4, 0.5) is 4.39 Å². The summed E-state index contributed by atoms with van der Waals surface area (Å²) >= 11 is 0. The summed E-state index contributed by atoms with van der Waals surface area (Å²) in [4.78, 5) is 0. The van der Waals surface area contributed by atoms with Crippen LogP contribution >= 0.6 is 0 Å². The predicted molar refractivity (Wildman–Crippen MR) is 64.4 cm³/mol. The van der Waals surface area contributed by atoms with Crippen LogP contribution in [0.25, 0.3) is 0 Å². The molecule has 1 fully saturated rings. The summed E-state index contributed by atoms with van der Waals surface area (Å²) in [5, 5.41) is 8.90. The van der Waals surface area contributed by atoms with Gasteiger partial charge in [-0.15, -0.1) is 0 Å². The summed E-state index contributed by atoms with van der Waals surface area (Å²) in [6.45, 7) is 1.54. The lowest BCUT2D eigenvalue weighted by Crippen LogP contribution is -2.24. The van der Waals surface area contributed by atoms with Crippen molar-refractivity contribution in [2.75, 3.05) is 13.2 Å². The molecule has 1 heterocycles. The highest BCUT2D eigenvalue weighted by Crippen LogP contribution is 2.15. The smallest absolute Gasteiger partial charge is 0.123 e. The van der Waals surface area contributed by atoms with Gasteiger partial charge in [0, 0.05) is 6.61 Å². The molecule has 0 aliphatic carbocycles. The van der Waals surface area contributed by atoms with E-state index in [9.17, 15) is 4.39 Å². The molecule has 2 rings (SSSR count). The molecule has 1 aliphatic rings. The first-order chi connectivity index (χ1) is 8.79. The minimum Gasteiger partial charge on any atom is -0.376 e. The third kappa shape index (κ3) is 3.52. The molecule has 1 atom stereocenters. The van der Waals surface area contributed by atoms with Gasteiger partial charge < -0.3 is 9.47 Å². The van der Waals surface area contributed by atoms with Crippen molar-refractivity contribution < 1.29 is 13.9 Å². The van der Waals surface area contributed by atoms with Gasteiger partial charge in [0.1, 0.15) is 5.82 Å². The van der Waals surface area contributed by atoms with Crippen LogP contribution in [0.1, 0.15) is 30.4 Å². The van der Waals surface area contributed by atoms with Gasteiger partial charge in [-0.3, -0.25) is 0 Å².